The zero-order valence-corrected chi connectivity index (χ0v) is 7.81. The molecule has 0 amide bonds. The van der Waals surface area contributed by atoms with Crippen LogP contribution in [0.5, 0.6) is 0 Å². The molecule has 3 atom stereocenters. The summed E-state index contributed by atoms with van der Waals surface area (Å²) in [5.74, 6) is -1.20. The summed E-state index contributed by atoms with van der Waals surface area (Å²) in [7, 11) is -1.39. The van der Waals surface area contributed by atoms with Crippen molar-refractivity contribution in [2.75, 3.05) is 7.11 Å². The summed E-state index contributed by atoms with van der Waals surface area (Å²) in [5.41, 5.74) is 5.16. The van der Waals surface area contributed by atoms with E-state index in [1.807, 2.05) is 0 Å². The van der Waals surface area contributed by atoms with Crippen molar-refractivity contribution in [3.05, 3.63) is 0 Å². The van der Waals surface area contributed by atoms with E-state index in [0.717, 1.165) is 0 Å². The van der Waals surface area contributed by atoms with Gasteiger partial charge in [0, 0.05) is 7.11 Å². The molecule has 0 rings (SSSR count). The Bertz CT molecular complexity index is 185. The van der Waals surface area contributed by atoms with Crippen LogP contribution in [0.2, 0.25) is 0 Å². The number of hydrogen-bond acceptors (Lipinski definition) is 5. The molecule has 0 aliphatic carbocycles. The fraction of sp³-hybridized carbons (Fsp3) is 0.800. The molecule has 0 radical (unpaired) electrons. The molecule has 0 aliphatic heterocycles. The van der Waals surface area contributed by atoms with Gasteiger partial charge in [-0.05, 0) is 6.92 Å². The molecule has 0 heterocycles. The van der Waals surface area contributed by atoms with E-state index >= 15 is 0 Å². The predicted molar refractivity (Wildman–Crippen MR) is 42.2 cm³/mol. The van der Waals surface area contributed by atoms with Crippen LogP contribution in [-0.2, 0) is 18.4 Å². The van der Waals surface area contributed by atoms with Crippen LogP contribution >= 0.6 is 8.25 Å². The maximum Gasteiger partial charge on any atom is 0.323 e. The summed E-state index contributed by atoms with van der Waals surface area (Å²) in [6.45, 7) is 1.42. The lowest BCUT2D eigenvalue weighted by molar-refractivity contribution is -0.140. The maximum atomic E-state index is 10.6. The fourth-order valence-electron chi connectivity index (χ4n) is 0.474. The van der Waals surface area contributed by atoms with Crippen molar-refractivity contribution < 1.29 is 23.5 Å². The van der Waals surface area contributed by atoms with Crippen LogP contribution in [0.1, 0.15) is 6.92 Å². The Morgan fingerprint density at radius 2 is 2.17 bits per heavy atom. The lowest BCUT2D eigenvalue weighted by Gasteiger charge is -2.15. The van der Waals surface area contributed by atoms with Gasteiger partial charge in [0.2, 0.25) is 0 Å². The maximum absolute atomic E-state index is 10.6. The molecule has 0 aromatic heterocycles. The van der Waals surface area contributed by atoms with Gasteiger partial charge in [0.25, 0.3) is 0 Å². The molecule has 0 bridgehead atoms. The summed E-state index contributed by atoms with van der Waals surface area (Å²) in [6.07, 6.45) is -0.825. The minimum Gasteiger partial charge on any atom is -0.480 e. The van der Waals surface area contributed by atoms with Gasteiger partial charge in [-0.2, -0.15) is 0 Å². The molecule has 0 spiro atoms. The molecular formula is C5H12NO5P. The molecule has 72 valence electrons. The number of carbonyl (C=O) groups is 1. The van der Waals surface area contributed by atoms with E-state index in [9.17, 15) is 9.36 Å². The van der Waals surface area contributed by atoms with Gasteiger partial charge < -0.3 is 19.9 Å². The third-order valence-electron chi connectivity index (χ3n) is 1.24. The van der Waals surface area contributed by atoms with Crippen molar-refractivity contribution >= 4 is 14.2 Å². The van der Waals surface area contributed by atoms with E-state index in [4.69, 9.17) is 10.8 Å². The highest BCUT2D eigenvalue weighted by molar-refractivity contribution is 7.33. The van der Waals surface area contributed by atoms with Crippen molar-refractivity contribution in [2.45, 2.75) is 19.1 Å². The smallest absolute Gasteiger partial charge is 0.323 e. The van der Waals surface area contributed by atoms with Crippen LogP contribution in [-0.4, -0.2) is 30.3 Å². The number of carboxylic acid groups (broad SMARTS) is 1. The van der Waals surface area contributed by atoms with Crippen LogP contribution < -0.4 is 5.73 Å². The normalized spacial score (nSPS) is 18.2. The molecule has 0 aromatic carbocycles. The highest BCUT2D eigenvalue weighted by Crippen LogP contribution is 2.24. The largest absolute Gasteiger partial charge is 0.480 e. The second-order valence-corrected chi connectivity index (χ2v) is 3.29. The first kappa shape index (κ1) is 11.6. The second kappa shape index (κ2) is 5.27. The molecule has 0 saturated carbocycles. The Balaban J connectivity index is 3.94. The number of carboxylic acids is 1. The van der Waals surface area contributed by atoms with Crippen LogP contribution in [0.25, 0.3) is 0 Å². The van der Waals surface area contributed by atoms with Gasteiger partial charge in [-0.1, -0.05) is 0 Å². The predicted octanol–water partition coefficient (Wildman–Crippen LogP) is -0.161. The molecule has 6 nitrogen and oxygen atoms in total. The fourth-order valence-corrected chi connectivity index (χ4v) is 1.02. The molecule has 7 heteroatoms. The number of hydrogen-bond donors (Lipinski definition) is 2. The van der Waals surface area contributed by atoms with Crippen LogP contribution in [0.4, 0.5) is 0 Å². The molecular weight excluding hydrogens is 185 g/mol. The summed E-state index contributed by atoms with van der Waals surface area (Å²) in [5, 5.41) is 8.40. The monoisotopic (exact) mass is 197 g/mol. The van der Waals surface area contributed by atoms with E-state index in [1.165, 1.54) is 14.0 Å². The van der Waals surface area contributed by atoms with Crippen molar-refractivity contribution in [3.63, 3.8) is 0 Å². The minimum absolute atomic E-state index is 0.825. The Labute approximate surface area is 70.6 Å². The molecule has 0 aromatic rings. The Hall–Kier alpha value is -0.420. The average molecular weight is 197 g/mol. The Kier molecular flexibility index (Phi) is 5.08. The van der Waals surface area contributed by atoms with E-state index in [1.54, 1.807) is 0 Å². The molecule has 0 aliphatic rings. The molecule has 0 saturated heterocycles. The van der Waals surface area contributed by atoms with Crippen LogP contribution in [0.15, 0.2) is 0 Å². The van der Waals surface area contributed by atoms with Gasteiger partial charge in [-0.25, -0.2) is 0 Å². The lowest BCUT2D eigenvalue weighted by atomic mass is 10.2. The zero-order chi connectivity index (χ0) is 9.72. The van der Waals surface area contributed by atoms with E-state index in [2.05, 4.69) is 9.05 Å². The van der Waals surface area contributed by atoms with Crippen molar-refractivity contribution in [1.29, 1.82) is 0 Å². The van der Waals surface area contributed by atoms with Gasteiger partial charge >= 0.3 is 14.2 Å². The number of rotatable bonds is 5. The zero-order valence-electron chi connectivity index (χ0n) is 6.81. The van der Waals surface area contributed by atoms with Gasteiger partial charge in [0.05, 0.1) is 6.10 Å². The van der Waals surface area contributed by atoms with Crippen LogP contribution in [0.3, 0.4) is 0 Å². The summed E-state index contributed by atoms with van der Waals surface area (Å²) < 4.78 is 19.6. The van der Waals surface area contributed by atoms with Crippen molar-refractivity contribution in [1.82, 2.24) is 0 Å². The molecule has 1 unspecified atom stereocenters. The number of aliphatic carboxylic acids is 1. The van der Waals surface area contributed by atoms with Gasteiger partial charge in [0.15, 0.2) is 0 Å². The van der Waals surface area contributed by atoms with E-state index in [-0.39, 0.29) is 0 Å². The first-order valence-corrected chi connectivity index (χ1v) is 4.44. The van der Waals surface area contributed by atoms with Crippen molar-refractivity contribution in [2.24, 2.45) is 5.73 Å². The molecule has 3 N–H and O–H groups in total. The summed E-state index contributed by atoms with van der Waals surface area (Å²) >= 11 is 0. The number of nitrogens with two attached hydrogens (primary N) is 1. The minimum atomic E-state index is -2.60. The van der Waals surface area contributed by atoms with Crippen molar-refractivity contribution in [3.8, 4) is 0 Å². The Morgan fingerprint density at radius 3 is 2.50 bits per heavy atom. The average Bonchev–Trinajstić information content (AvgIpc) is 2.02. The highest BCUT2D eigenvalue weighted by Gasteiger charge is 2.22. The third-order valence-corrected chi connectivity index (χ3v) is 2.14. The second-order valence-electron chi connectivity index (χ2n) is 2.14. The summed E-state index contributed by atoms with van der Waals surface area (Å²) in [6, 6.07) is -1.19. The standard InChI is InChI=1S/C5H12NO5P/c1-3(4(6)5(7)8)11-12(9)10-2/h3-4,12H,6H2,1-2H3,(H,7,8)/t3-,4+/m1/s1. The topological polar surface area (TPSA) is 98.9 Å². The molecule has 12 heavy (non-hydrogen) atoms. The quantitative estimate of drug-likeness (QED) is 0.594. The highest BCUT2D eigenvalue weighted by atomic mass is 31.1. The van der Waals surface area contributed by atoms with Crippen LogP contribution in [0, 0.1) is 0 Å². The summed E-state index contributed by atoms with van der Waals surface area (Å²) in [4.78, 5) is 10.3. The van der Waals surface area contributed by atoms with E-state index < -0.39 is 26.4 Å². The van der Waals surface area contributed by atoms with Gasteiger partial charge in [0.1, 0.15) is 6.04 Å². The van der Waals surface area contributed by atoms with Gasteiger partial charge in [-0.3, -0.25) is 9.36 Å². The van der Waals surface area contributed by atoms with Gasteiger partial charge in [-0.15, -0.1) is 0 Å². The molecule has 0 fully saturated rings. The van der Waals surface area contributed by atoms with E-state index in [0.29, 0.717) is 0 Å². The first-order chi connectivity index (χ1) is 5.49. The lowest BCUT2D eigenvalue weighted by Crippen LogP contribution is -2.40. The third kappa shape index (κ3) is 3.82. The first-order valence-electron chi connectivity index (χ1n) is 3.22. The Morgan fingerprint density at radius 1 is 1.67 bits per heavy atom. The SMILES string of the molecule is CO[PH](=O)O[C@H](C)[C@H](N)C(=O)O.